The molecule has 0 radical (unpaired) electrons. The molecular formula is C11H15NO3. The lowest BCUT2D eigenvalue weighted by atomic mass is 10.1. The lowest BCUT2D eigenvalue weighted by Crippen LogP contribution is -2.04. The van der Waals surface area contributed by atoms with Crippen molar-refractivity contribution in [1.82, 2.24) is 0 Å². The molecule has 1 aromatic carbocycles. The second-order valence-corrected chi connectivity index (χ2v) is 3.23. The Labute approximate surface area is 88.7 Å². The second kappa shape index (κ2) is 5.36. The van der Waals surface area contributed by atoms with E-state index < -0.39 is 5.97 Å². The normalized spacial score (nSPS) is 10.0. The summed E-state index contributed by atoms with van der Waals surface area (Å²) in [5.41, 5.74) is 6.55. The van der Waals surface area contributed by atoms with Crippen molar-refractivity contribution in [1.29, 1.82) is 0 Å². The zero-order chi connectivity index (χ0) is 11.3. The van der Waals surface area contributed by atoms with E-state index >= 15 is 0 Å². The fourth-order valence-corrected chi connectivity index (χ4v) is 1.32. The molecule has 1 aromatic rings. The number of esters is 1. The maximum Gasteiger partial charge on any atom is 0.337 e. The van der Waals surface area contributed by atoms with Crippen LogP contribution in [0.1, 0.15) is 22.3 Å². The predicted molar refractivity (Wildman–Crippen MR) is 56.8 cm³/mol. The van der Waals surface area contributed by atoms with Crippen molar-refractivity contribution in [2.24, 2.45) is 5.73 Å². The Bertz CT molecular complexity index is 350. The minimum absolute atomic E-state index is 0.191. The number of methoxy groups -OCH3 is 1. The molecule has 0 unspecified atom stereocenters. The number of aryl methyl sites for hydroxylation is 1. The molecule has 0 aliphatic heterocycles. The molecule has 4 heteroatoms. The molecule has 0 saturated heterocycles. The number of nitrogens with two attached hydrogens (primary N) is 1. The number of aromatic hydroxyl groups is 1. The number of benzene rings is 1. The highest BCUT2D eigenvalue weighted by molar-refractivity contribution is 5.89. The molecule has 0 spiro atoms. The average molecular weight is 209 g/mol. The molecule has 0 aliphatic carbocycles. The van der Waals surface area contributed by atoms with Gasteiger partial charge in [-0.1, -0.05) is 0 Å². The Morgan fingerprint density at radius 2 is 2.27 bits per heavy atom. The van der Waals surface area contributed by atoms with Crippen molar-refractivity contribution in [3.8, 4) is 5.75 Å². The first-order valence-corrected chi connectivity index (χ1v) is 4.79. The topological polar surface area (TPSA) is 72.5 Å². The van der Waals surface area contributed by atoms with Gasteiger partial charge in [0.15, 0.2) is 0 Å². The van der Waals surface area contributed by atoms with Crippen LogP contribution in [0.25, 0.3) is 0 Å². The van der Waals surface area contributed by atoms with Gasteiger partial charge >= 0.3 is 5.97 Å². The smallest absolute Gasteiger partial charge is 0.337 e. The zero-order valence-electron chi connectivity index (χ0n) is 8.69. The number of phenolic OH excluding ortho intramolecular Hbond substituents is 1. The fraction of sp³-hybridized carbons (Fsp3) is 0.364. The van der Waals surface area contributed by atoms with Crippen LogP contribution in [0.5, 0.6) is 5.75 Å². The molecule has 82 valence electrons. The van der Waals surface area contributed by atoms with E-state index in [0.29, 0.717) is 18.5 Å². The Kier molecular flexibility index (Phi) is 4.12. The third-order valence-corrected chi connectivity index (χ3v) is 2.15. The van der Waals surface area contributed by atoms with Gasteiger partial charge in [0.1, 0.15) is 5.75 Å². The van der Waals surface area contributed by atoms with Crippen molar-refractivity contribution in [2.45, 2.75) is 12.8 Å². The van der Waals surface area contributed by atoms with Crippen LogP contribution >= 0.6 is 0 Å². The largest absolute Gasteiger partial charge is 0.508 e. The van der Waals surface area contributed by atoms with Crippen molar-refractivity contribution in [3.63, 3.8) is 0 Å². The first kappa shape index (κ1) is 11.5. The molecule has 0 fully saturated rings. The minimum atomic E-state index is -0.399. The molecule has 0 bridgehead atoms. The van der Waals surface area contributed by atoms with Crippen LogP contribution in [-0.2, 0) is 11.2 Å². The van der Waals surface area contributed by atoms with Crippen LogP contribution in [0.2, 0.25) is 0 Å². The van der Waals surface area contributed by atoms with Crippen LogP contribution in [0.4, 0.5) is 0 Å². The van der Waals surface area contributed by atoms with Gasteiger partial charge in [0.25, 0.3) is 0 Å². The lowest BCUT2D eigenvalue weighted by molar-refractivity contribution is 0.0600. The van der Waals surface area contributed by atoms with E-state index in [1.165, 1.54) is 19.2 Å². The number of carbonyl (C=O) groups excluding carboxylic acids is 1. The van der Waals surface area contributed by atoms with Gasteiger partial charge in [-0.05, 0) is 43.1 Å². The number of hydrogen-bond donors (Lipinski definition) is 2. The van der Waals surface area contributed by atoms with Gasteiger partial charge in [0.05, 0.1) is 12.7 Å². The number of rotatable bonds is 4. The van der Waals surface area contributed by atoms with Gasteiger partial charge in [0, 0.05) is 0 Å². The molecule has 0 atom stereocenters. The first-order chi connectivity index (χ1) is 7.19. The van der Waals surface area contributed by atoms with E-state index in [-0.39, 0.29) is 5.75 Å². The average Bonchev–Trinajstić information content (AvgIpc) is 2.27. The summed E-state index contributed by atoms with van der Waals surface area (Å²) >= 11 is 0. The van der Waals surface area contributed by atoms with Gasteiger partial charge in [-0.3, -0.25) is 0 Å². The summed E-state index contributed by atoms with van der Waals surface area (Å²) in [7, 11) is 1.33. The minimum Gasteiger partial charge on any atom is -0.508 e. The summed E-state index contributed by atoms with van der Waals surface area (Å²) in [6.45, 7) is 0.557. The summed E-state index contributed by atoms with van der Waals surface area (Å²) in [5.74, 6) is -0.208. The van der Waals surface area contributed by atoms with Gasteiger partial charge in [0.2, 0.25) is 0 Å². The van der Waals surface area contributed by atoms with E-state index in [1.54, 1.807) is 6.07 Å². The highest BCUT2D eigenvalue weighted by Crippen LogP contribution is 2.20. The SMILES string of the molecule is COC(=O)c1ccc(O)c(CCCN)c1. The van der Waals surface area contributed by atoms with Crippen molar-refractivity contribution in [2.75, 3.05) is 13.7 Å². The van der Waals surface area contributed by atoms with E-state index in [9.17, 15) is 9.90 Å². The molecule has 0 heterocycles. The zero-order valence-corrected chi connectivity index (χ0v) is 8.69. The van der Waals surface area contributed by atoms with Gasteiger partial charge in [-0.2, -0.15) is 0 Å². The number of ether oxygens (including phenoxy) is 1. The third-order valence-electron chi connectivity index (χ3n) is 2.15. The van der Waals surface area contributed by atoms with Gasteiger partial charge < -0.3 is 15.6 Å². The Morgan fingerprint density at radius 3 is 2.87 bits per heavy atom. The Balaban J connectivity index is 2.89. The number of phenols is 1. The van der Waals surface area contributed by atoms with Gasteiger partial charge in [-0.25, -0.2) is 4.79 Å². The second-order valence-electron chi connectivity index (χ2n) is 3.23. The highest BCUT2D eigenvalue weighted by Gasteiger charge is 2.08. The Morgan fingerprint density at radius 1 is 1.53 bits per heavy atom. The van der Waals surface area contributed by atoms with Crippen molar-refractivity contribution >= 4 is 5.97 Å². The van der Waals surface area contributed by atoms with Crippen LogP contribution in [-0.4, -0.2) is 24.7 Å². The third kappa shape index (κ3) is 2.95. The molecule has 0 amide bonds. The van der Waals surface area contributed by atoms with Crippen LogP contribution in [0.3, 0.4) is 0 Å². The number of carbonyl (C=O) groups is 1. The van der Waals surface area contributed by atoms with E-state index in [0.717, 1.165) is 12.0 Å². The van der Waals surface area contributed by atoms with Gasteiger partial charge in [-0.15, -0.1) is 0 Å². The fourth-order valence-electron chi connectivity index (χ4n) is 1.32. The molecule has 0 saturated carbocycles. The van der Waals surface area contributed by atoms with Crippen LogP contribution < -0.4 is 5.73 Å². The summed E-state index contributed by atoms with van der Waals surface area (Å²) in [5, 5.41) is 9.52. The summed E-state index contributed by atoms with van der Waals surface area (Å²) in [6, 6.07) is 4.67. The maximum absolute atomic E-state index is 11.2. The molecular weight excluding hydrogens is 194 g/mol. The van der Waals surface area contributed by atoms with Crippen molar-refractivity contribution in [3.05, 3.63) is 29.3 Å². The first-order valence-electron chi connectivity index (χ1n) is 4.79. The summed E-state index contributed by atoms with van der Waals surface area (Å²) < 4.78 is 4.59. The Hall–Kier alpha value is -1.55. The molecule has 3 N–H and O–H groups in total. The molecule has 0 aliphatic rings. The quantitative estimate of drug-likeness (QED) is 0.727. The summed E-state index contributed by atoms with van der Waals surface area (Å²) in [4.78, 5) is 11.2. The maximum atomic E-state index is 11.2. The predicted octanol–water partition coefficient (Wildman–Crippen LogP) is 1.07. The van der Waals surface area contributed by atoms with E-state index in [1.807, 2.05) is 0 Å². The lowest BCUT2D eigenvalue weighted by Gasteiger charge is -2.06. The molecule has 1 rings (SSSR count). The van der Waals surface area contributed by atoms with E-state index in [4.69, 9.17) is 5.73 Å². The van der Waals surface area contributed by atoms with Crippen molar-refractivity contribution < 1.29 is 14.6 Å². The molecule has 15 heavy (non-hydrogen) atoms. The monoisotopic (exact) mass is 209 g/mol. The standard InChI is InChI=1S/C11H15NO3/c1-15-11(14)9-4-5-10(13)8(7-9)3-2-6-12/h4-5,7,13H,2-3,6,12H2,1H3. The molecule has 0 aromatic heterocycles. The van der Waals surface area contributed by atoms with Crippen LogP contribution in [0, 0.1) is 0 Å². The number of hydrogen-bond acceptors (Lipinski definition) is 4. The van der Waals surface area contributed by atoms with E-state index in [2.05, 4.69) is 4.74 Å². The summed E-state index contributed by atoms with van der Waals surface area (Å²) in [6.07, 6.45) is 1.44. The van der Waals surface area contributed by atoms with Crippen LogP contribution in [0.15, 0.2) is 18.2 Å². The molecule has 4 nitrogen and oxygen atoms in total. The highest BCUT2D eigenvalue weighted by atomic mass is 16.5.